The first-order chi connectivity index (χ1) is 14.4. The van der Waals surface area contributed by atoms with Crippen molar-refractivity contribution in [3.05, 3.63) is 101 Å². The van der Waals surface area contributed by atoms with Gasteiger partial charge >= 0.3 is 0 Å². The summed E-state index contributed by atoms with van der Waals surface area (Å²) in [6, 6.07) is 27.8. The number of carbonyl (C=O) groups excluding carboxylic acids is 1. The van der Waals surface area contributed by atoms with E-state index in [0.717, 1.165) is 16.9 Å². The van der Waals surface area contributed by atoms with Crippen LogP contribution >= 0.6 is 11.8 Å². The number of carbonyl (C=O) groups is 1. The minimum absolute atomic E-state index is 0.0548. The van der Waals surface area contributed by atoms with Crippen LogP contribution in [0.15, 0.2) is 94.8 Å². The second-order valence-corrected chi connectivity index (χ2v) is 9.20. The van der Waals surface area contributed by atoms with E-state index in [9.17, 15) is 4.79 Å². The van der Waals surface area contributed by atoms with Crippen LogP contribution in [0.4, 0.5) is 11.4 Å². The zero-order valence-electron chi connectivity index (χ0n) is 17.4. The SMILES string of the molecule is CC(C)(C)c1ccc(/C=C2/SC(=Nc3ccccc3)N(c3ccccc3)C2=O)cc1. The van der Waals surface area contributed by atoms with Gasteiger partial charge in [-0.05, 0) is 58.6 Å². The summed E-state index contributed by atoms with van der Waals surface area (Å²) >= 11 is 1.41. The predicted molar refractivity (Wildman–Crippen MR) is 128 cm³/mol. The molecule has 0 radical (unpaired) electrons. The molecule has 3 aromatic rings. The van der Waals surface area contributed by atoms with Crippen molar-refractivity contribution in [1.82, 2.24) is 0 Å². The fraction of sp³-hybridized carbons (Fsp3) is 0.154. The van der Waals surface area contributed by atoms with Crippen molar-refractivity contribution in [3.8, 4) is 0 Å². The lowest BCUT2D eigenvalue weighted by atomic mass is 9.87. The quantitative estimate of drug-likeness (QED) is 0.444. The van der Waals surface area contributed by atoms with E-state index in [1.54, 1.807) is 4.90 Å². The summed E-state index contributed by atoms with van der Waals surface area (Å²) in [5, 5.41) is 0.662. The Morgan fingerprint density at radius 3 is 2.03 bits per heavy atom. The number of anilines is 1. The Hall–Kier alpha value is -3.11. The molecule has 0 N–H and O–H groups in total. The van der Waals surface area contributed by atoms with Crippen molar-refractivity contribution in [2.75, 3.05) is 4.90 Å². The summed E-state index contributed by atoms with van der Waals surface area (Å²) in [7, 11) is 0. The topological polar surface area (TPSA) is 32.7 Å². The maximum absolute atomic E-state index is 13.3. The van der Waals surface area contributed by atoms with Gasteiger partial charge in [0.05, 0.1) is 16.3 Å². The number of hydrogen-bond acceptors (Lipinski definition) is 3. The van der Waals surface area contributed by atoms with Gasteiger partial charge < -0.3 is 0 Å². The highest BCUT2D eigenvalue weighted by Crippen LogP contribution is 2.37. The number of hydrogen-bond donors (Lipinski definition) is 0. The van der Waals surface area contributed by atoms with Gasteiger partial charge in [0.1, 0.15) is 0 Å². The van der Waals surface area contributed by atoms with Crippen LogP contribution in [0.25, 0.3) is 6.08 Å². The molecule has 1 saturated heterocycles. The summed E-state index contributed by atoms with van der Waals surface area (Å²) in [6.07, 6.45) is 1.95. The average molecular weight is 413 g/mol. The van der Waals surface area contributed by atoms with Gasteiger partial charge in [0.15, 0.2) is 5.17 Å². The summed E-state index contributed by atoms with van der Waals surface area (Å²) in [4.78, 5) is 20.4. The fourth-order valence-electron chi connectivity index (χ4n) is 3.20. The molecule has 4 rings (SSSR count). The predicted octanol–water partition coefficient (Wildman–Crippen LogP) is 6.79. The Bertz CT molecular complexity index is 1100. The molecule has 0 saturated carbocycles. The normalized spacial score (nSPS) is 17.2. The van der Waals surface area contributed by atoms with Crippen LogP contribution in [0.1, 0.15) is 31.9 Å². The summed E-state index contributed by atoms with van der Waals surface area (Å²) in [5.41, 5.74) is 4.02. The molecule has 1 fully saturated rings. The van der Waals surface area contributed by atoms with Gasteiger partial charge in [-0.1, -0.05) is 81.4 Å². The third-order valence-electron chi connectivity index (χ3n) is 4.88. The monoisotopic (exact) mass is 412 g/mol. The summed E-state index contributed by atoms with van der Waals surface area (Å²) in [5.74, 6) is -0.0548. The van der Waals surface area contributed by atoms with E-state index in [1.807, 2.05) is 66.7 Å². The van der Waals surface area contributed by atoms with Crippen molar-refractivity contribution in [2.24, 2.45) is 4.99 Å². The van der Waals surface area contributed by atoms with Gasteiger partial charge in [0.25, 0.3) is 5.91 Å². The number of amidine groups is 1. The molecule has 150 valence electrons. The maximum atomic E-state index is 13.3. The lowest BCUT2D eigenvalue weighted by molar-refractivity contribution is -0.113. The molecule has 0 atom stereocenters. The van der Waals surface area contributed by atoms with Crippen molar-refractivity contribution in [3.63, 3.8) is 0 Å². The van der Waals surface area contributed by atoms with E-state index < -0.39 is 0 Å². The fourth-order valence-corrected chi connectivity index (χ4v) is 4.20. The number of benzene rings is 3. The largest absolute Gasteiger partial charge is 0.271 e. The molecule has 0 bridgehead atoms. The molecular formula is C26H24N2OS. The highest BCUT2D eigenvalue weighted by atomic mass is 32.2. The Balaban J connectivity index is 1.71. The van der Waals surface area contributed by atoms with E-state index in [4.69, 9.17) is 4.99 Å². The van der Waals surface area contributed by atoms with Crippen LogP contribution in [-0.4, -0.2) is 11.1 Å². The lowest BCUT2D eigenvalue weighted by Gasteiger charge is -2.18. The second-order valence-electron chi connectivity index (χ2n) is 8.19. The Kier molecular flexibility index (Phi) is 5.60. The molecule has 0 aromatic heterocycles. The molecular weight excluding hydrogens is 388 g/mol. The summed E-state index contributed by atoms with van der Waals surface area (Å²) in [6.45, 7) is 6.59. The first-order valence-corrected chi connectivity index (χ1v) is 10.8. The number of thioether (sulfide) groups is 1. The van der Waals surface area contributed by atoms with Gasteiger partial charge in [-0.25, -0.2) is 4.99 Å². The molecule has 1 aliphatic rings. The van der Waals surface area contributed by atoms with E-state index in [1.165, 1.54) is 17.3 Å². The number of para-hydroxylation sites is 2. The zero-order chi connectivity index (χ0) is 21.1. The molecule has 3 aromatic carbocycles. The first kappa shape index (κ1) is 20.2. The van der Waals surface area contributed by atoms with E-state index in [-0.39, 0.29) is 11.3 Å². The number of nitrogens with zero attached hydrogens (tertiary/aromatic N) is 2. The first-order valence-electron chi connectivity index (χ1n) is 9.95. The molecule has 30 heavy (non-hydrogen) atoms. The Morgan fingerprint density at radius 2 is 1.43 bits per heavy atom. The van der Waals surface area contributed by atoms with E-state index in [0.29, 0.717) is 10.1 Å². The standard InChI is InChI=1S/C26H24N2OS/c1-26(2,3)20-16-14-19(15-17-20)18-23-24(29)28(22-12-8-5-9-13-22)25(30-23)27-21-10-6-4-7-11-21/h4-18H,1-3H3/b23-18+,27-25?. The van der Waals surface area contributed by atoms with Crippen LogP contribution in [0.2, 0.25) is 0 Å². The highest BCUT2D eigenvalue weighted by molar-refractivity contribution is 8.19. The number of amides is 1. The van der Waals surface area contributed by atoms with Crippen LogP contribution in [-0.2, 0) is 10.2 Å². The molecule has 3 nitrogen and oxygen atoms in total. The van der Waals surface area contributed by atoms with Gasteiger partial charge in [0.2, 0.25) is 0 Å². The molecule has 0 aliphatic carbocycles. The number of rotatable bonds is 3. The zero-order valence-corrected chi connectivity index (χ0v) is 18.2. The van der Waals surface area contributed by atoms with Crippen LogP contribution in [0.3, 0.4) is 0 Å². The smallest absolute Gasteiger partial charge is 0.268 e. The van der Waals surface area contributed by atoms with Gasteiger partial charge in [-0.3, -0.25) is 9.69 Å². The molecule has 0 unspecified atom stereocenters. The van der Waals surface area contributed by atoms with Gasteiger partial charge in [-0.15, -0.1) is 0 Å². The van der Waals surface area contributed by atoms with Gasteiger partial charge in [-0.2, -0.15) is 0 Å². The maximum Gasteiger partial charge on any atom is 0.271 e. The molecule has 0 spiro atoms. The molecule has 1 aliphatic heterocycles. The minimum atomic E-state index is -0.0548. The van der Waals surface area contributed by atoms with E-state index >= 15 is 0 Å². The van der Waals surface area contributed by atoms with Crippen LogP contribution in [0, 0.1) is 0 Å². The van der Waals surface area contributed by atoms with Crippen molar-refractivity contribution >= 4 is 40.3 Å². The molecule has 4 heteroatoms. The van der Waals surface area contributed by atoms with Gasteiger partial charge in [0, 0.05) is 0 Å². The van der Waals surface area contributed by atoms with Crippen molar-refractivity contribution in [2.45, 2.75) is 26.2 Å². The third kappa shape index (κ3) is 4.39. The highest BCUT2D eigenvalue weighted by Gasteiger charge is 2.34. The molecule has 1 heterocycles. The van der Waals surface area contributed by atoms with E-state index in [2.05, 4.69) is 45.0 Å². The second kappa shape index (κ2) is 8.33. The number of aliphatic imine (C=N–C) groups is 1. The Morgan fingerprint density at radius 1 is 0.833 bits per heavy atom. The average Bonchev–Trinajstić information content (AvgIpc) is 3.04. The van der Waals surface area contributed by atoms with Crippen LogP contribution < -0.4 is 4.90 Å². The summed E-state index contributed by atoms with van der Waals surface area (Å²) < 4.78 is 0. The minimum Gasteiger partial charge on any atom is -0.268 e. The van der Waals surface area contributed by atoms with Crippen molar-refractivity contribution < 1.29 is 4.79 Å². The molecule has 1 amide bonds. The third-order valence-corrected chi connectivity index (χ3v) is 5.85. The van der Waals surface area contributed by atoms with Crippen molar-refractivity contribution in [1.29, 1.82) is 0 Å². The van der Waals surface area contributed by atoms with Crippen LogP contribution in [0.5, 0.6) is 0 Å². The lowest BCUT2D eigenvalue weighted by Crippen LogP contribution is -2.28. The Labute approximate surface area is 182 Å².